The molecule has 0 aliphatic heterocycles. The van der Waals surface area contributed by atoms with Gasteiger partial charge in [-0.25, -0.2) is 0 Å². The van der Waals surface area contributed by atoms with Crippen molar-refractivity contribution in [2.24, 2.45) is 0 Å². The Hall–Kier alpha value is -1.09. The molecule has 0 aliphatic carbocycles. The fourth-order valence-corrected chi connectivity index (χ4v) is 1.01. The van der Waals surface area contributed by atoms with E-state index in [2.05, 4.69) is 10.5 Å². The number of pyridine rings is 1. The Labute approximate surface area is 85.5 Å². The molecule has 0 fully saturated rings. The van der Waals surface area contributed by atoms with Crippen LogP contribution in [0.5, 0.6) is 0 Å². The standard InChI is InChI=1S/C11H18N2O/c1-8-6-9(2)12-7-10(8)13-14-11(3,4)5/h6-7,13H,1-5H3. The molecule has 0 bridgehead atoms. The average molecular weight is 194 g/mol. The Kier molecular flexibility index (Phi) is 3.11. The maximum absolute atomic E-state index is 5.45. The van der Waals surface area contributed by atoms with Gasteiger partial charge in [0.2, 0.25) is 0 Å². The molecule has 0 aromatic carbocycles. The van der Waals surface area contributed by atoms with E-state index < -0.39 is 0 Å². The van der Waals surface area contributed by atoms with E-state index in [1.54, 1.807) is 6.20 Å². The summed E-state index contributed by atoms with van der Waals surface area (Å²) in [7, 11) is 0. The second-order valence-corrected chi connectivity index (χ2v) is 4.46. The van der Waals surface area contributed by atoms with Crippen LogP contribution in [0.15, 0.2) is 12.3 Å². The highest BCUT2D eigenvalue weighted by molar-refractivity contribution is 5.47. The van der Waals surface area contributed by atoms with Gasteiger partial charge in [0.15, 0.2) is 0 Å². The molecule has 1 heterocycles. The van der Waals surface area contributed by atoms with E-state index in [9.17, 15) is 0 Å². The van der Waals surface area contributed by atoms with Crippen LogP contribution in [0.4, 0.5) is 5.69 Å². The van der Waals surface area contributed by atoms with E-state index in [0.29, 0.717) is 0 Å². The summed E-state index contributed by atoms with van der Waals surface area (Å²) in [6.45, 7) is 10.00. The van der Waals surface area contributed by atoms with Crippen LogP contribution in [0.2, 0.25) is 0 Å². The number of nitrogens with zero attached hydrogens (tertiary/aromatic N) is 1. The maximum Gasteiger partial charge on any atom is 0.0876 e. The third-order valence-corrected chi connectivity index (χ3v) is 1.71. The molecule has 0 saturated heterocycles. The summed E-state index contributed by atoms with van der Waals surface area (Å²) in [5, 5.41) is 0. The lowest BCUT2D eigenvalue weighted by atomic mass is 10.2. The number of hydrogen-bond acceptors (Lipinski definition) is 3. The lowest BCUT2D eigenvalue weighted by Gasteiger charge is -2.20. The molecule has 0 unspecified atom stereocenters. The van der Waals surface area contributed by atoms with Crippen molar-refractivity contribution in [2.75, 3.05) is 5.48 Å². The smallest absolute Gasteiger partial charge is 0.0876 e. The van der Waals surface area contributed by atoms with Crippen LogP contribution < -0.4 is 5.48 Å². The van der Waals surface area contributed by atoms with Crippen LogP contribution in [-0.4, -0.2) is 10.6 Å². The Morgan fingerprint density at radius 1 is 1.29 bits per heavy atom. The Balaban J connectivity index is 2.68. The molecule has 1 aromatic heterocycles. The van der Waals surface area contributed by atoms with Gasteiger partial charge < -0.3 is 0 Å². The first kappa shape index (κ1) is 11.0. The van der Waals surface area contributed by atoms with Crippen LogP contribution in [-0.2, 0) is 4.84 Å². The summed E-state index contributed by atoms with van der Waals surface area (Å²) in [5.41, 5.74) is 5.80. The second-order valence-electron chi connectivity index (χ2n) is 4.46. The van der Waals surface area contributed by atoms with Gasteiger partial charge in [0.05, 0.1) is 17.5 Å². The minimum atomic E-state index is -0.197. The van der Waals surface area contributed by atoms with E-state index in [4.69, 9.17) is 4.84 Å². The van der Waals surface area contributed by atoms with Crippen molar-refractivity contribution in [3.05, 3.63) is 23.5 Å². The van der Waals surface area contributed by atoms with Gasteiger partial charge in [-0.3, -0.25) is 15.3 Å². The van der Waals surface area contributed by atoms with Gasteiger partial charge in [0.25, 0.3) is 0 Å². The van der Waals surface area contributed by atoms with Gasteiger partial charge in [-0.2, -0.15) is 0 Å². The van der Waals surface area contributed by atoms with Crippen molar-refractivity contribution in [2.45, 2.75) is 40.2 Å². The average Bonchev–Trinajstić information content (AvgIpc) is 2.00. The predicted molar refractivity (Wildman–Crippen MR) is 58.2 cm³/mol. The van der Waals surface area contributed by atoms with E-state index in [1.165, 1.54) is 0 Å². The molecule has 0 amide bonds. The number of aryl methyl sites for hydroxylation is 2. The molecular weight excluding hydrogens is 176 g/mol. The normalized spacial score (nSPS) is 11.5. The van der Waals surface area contributed by atoms with E-state index >= 15 is 0 Å². The number of anilines is 1. The molecule has 78 valence electrons. The summed E-state index contributed by atoms with van der Waals surface area (Å²) in [6.07, 6.45) is 1.79. The third kappa shape index (κ3) is 3.34. The Morgan fingerprint density at radius 2 is 1.93 bits per heavy atom. The number of aromatic nitrogens is 1. The van der Waals surface area contributed by atoms with Crippen LogP contribution in [0.3, 0.4) is 0 Å². The summed E-state index contributed by atoms with van der Waals surface area (Å²) in [5.74, 6) is 0. The SMILES string of the molecule is Cc1cc(C)c(NOC(C)(C)C)cn1. The highest BCUT2D eigenvalue weighted by Crippen LogP contribution is 2.16. The molecule has 3 heteroatoms. The van der Waals surface area contributed by atoms with Crippen LogP contribution >= 0.6 is 0 Å². The topological polar surface area (TPSA) is 34.1 Å². The fourth-order valence-electron chi connectivity index (χ4n) is 1.01. The van der Waals surface area contributed by atoms with Gasteiger partial charge in [-0.1, -0.05) is 0 Å². The van der Waals surface area contributed by atoms with Gasteiger partial charge in [-0.05, 0) is 46.2 Å². The first-order chi connectivity index (χ1) is 6.38. The van der Waals surface area contributed by atoms with Crippen molar-refractivity contribution in [1.29, 1.82) is 0 Å². The first-order valence-corrected chi connectivity index (χ1v) is 4.76. The summed E-state index contributed by atoms with van der Waals surface area (Å²) >= 11 is 0. The molecule has 0 atom stereocenters. The lowest BCUT2D eigenvalue weighted by molar-refractivity contribution is 0.0373. The van der Waals surface area contributed by atoms with Crippen LogP contribution in [0.1, 0.15) is 32.0 Å². The van der Waals surface area contributed by atoms with Crippen molar-refractivity contribution >= 4 is 5.69 Å². The van der Waals surface area contributed by atoms with E-state index in [0.717, 1.165) is 16.9 Å². The lowest BCUT2D eigenvalue weighted by Crippen LogP contribution is -2.23. The van der Waals surface area contributed by atoms with Crippen molar-refractivity contribution in [3.8, 4) is 0 Å². The molecule has 14 heavy (non-hydrogen) atoms. The van der Waals surface area contributed by atoms with Gasteiger partial charge >= 0.3 is 0 Å². The Morgan fingerprint density at radius 3 is 2.43 bits per heavy atom. The molecule has 3 nitrogen and oxygen atoms in total. The summed E-state index contributed by atoms with van der Waals surface area (Å²) < 4.78 is 0. The Bertz CT molecular complexity index is 316. The number of hydrogen-bond donors (Lipinski definition) is 1. The molecule has 1 aromatic rings. The zero-order valence-electron chi connectivity index (χ0n) is 9.51. The maximum atomic E-state index is 5.45. The van der Waals surface area contributed by atoms with Crippen molar-refractivity contribution in [3.63, 3.8) is 0 Å². The molecule has 0 radical (unpaired) electrons. The van der Waals surface area contributed by atoms with Gasteiger partial charge in [-0.15, -0.1) is 0 Å². The van der Waals surface area contributed by atoms with E-state index in [1.807, 2.05) is 40.7 Å². The molecule has 0 aliphatic rings. The number of rotatable bonds is 2. The summed E-state index contributed by atoms with van der Waals surface area (Å²) in [4.78, 5) is 9.64. The van der Waals surface area contributed by atoms with E-state index in [-0.39, 0.29) is 5.60 Å². The van der Waals surface area contributed by atoms with Gasteiger partial charge in [0.1, 0.15) is 0 Å². The first-order valence-electron chi connectivity index (χ1n) is 4.76. The largest absolute Gasteiger partial charge is 0.270 e. The highest BCUT2D eigenvalue weighted by Gasteiger charge is 2.11. The van der Waals surface area contributed by atoms with Crippen LogP contribution in [0.25, 0.3) is 0 Å². The second kappa shape index (κ2) is 3.96. The number of nitrogens with one attached hydrogen (secondary N) is 1. The zero-order valence-corrected chi connectivity index (χ0v) is 9.51. The molecule has 1 N–H and O–H groups in total. The molecule has 0 saturated carbocycles. The highest BCUT2D eigenvalue weighted by atomic mass is 16.7. The molecular formula is C11H18N2O. The van der Waals surface area contributed by atoms with Gasteiger partial charge in [0, 0.05) is 5.69 Å². The summed E-state index contributed by atoms with van der Waals surface area (Å²) in [6, 6.07) is 2.02. The van der Waals surface area contributed by atoms with Crippen molar-refractivity contribution < 1.29 is 4.84 Å². The third-order valence-electron chi connectivity index (χ3n) is 1.71. The minimum Gasteiger partial charge on any atom is -0.270 e. The van der Waals surface area contributed by atoms with Crippen molar-refractivity contribution in [1.82, 2.24) is 4.98 Å². The van der Waals surface area contributed by atoms with Crippen LogP contribution in [0, 0.1) is 13.8 Å². The zero-order chi connectivity index (χ0) is 10.8. The minimum absolute atomic E-state index is 0.197. The quantitative estimate of drug-likeness (QED) is 0.735. The fraction of sp³-hybridized carbons (Fsp3) is 0.545. The monoisotopic (exact) mass is 194 g/mol. The predicted octanol–water partition coefficient (Wildman–Crippen LogP) is 2.84. The molecule has 0 spiro atoms. The molecule has 1 rings (SSSR count).